The van der Waals surface area contributed by atoms with Gasteiger partial charge >= 0.3 is 6.61 Å². The highest BCUT2D eigenvalue weighted by Crippen LogP contribution is 2.16. The standard InChI is InChI=1S/C21H19F2N3O3/c1-14-19(20(28)26(25(14)2)16-6-4-3-5-7-16)24-18(27)13-10-15-8-11-17(12-9-15)29-21(22)23/h3-13,21H,1-2H3,(H,24,27)/b13-10+. The maximum atomic E-state index is 12.8. The Morgan fingerprint density at radius 3 is 2.38 bits per heavy atom. The van der Waals surface area contributed by atoms with E-state index >= 15 is 0 Å². The number of nitrogens with zero attached hydrogens (tertiary/aromatic N) is 2. The zero-order chi connectivity index (χ0) is 21.0. The van der Waals surface area contributed by atoms with Gasteiger partial charge in [0.2, 0.25) is 5.91 Å². The fraction of sp³-hybridized carbons (Fsp3) is 0.143. The van der Waals surface area contributed by atoms with E-state index < -0.39 is 12.5 Å². The molecule has 0 aliphatic heterocycles. The minimum absolute atomic E-state index is 0.0305. The molecule has 0 spiro atoms. The molecule has 0 saturated carbocycles. The van der Waals surface area contributed by atoms with E-state index in [-0.39, 0.29) is 17.0 Å². The molecule has 1 N–H and O–H groups in total. The lowest BCUT2D eigenvalue weighted by Crippen LogP contribution is -2.22. The van der Waals surface area contributed by atoms with Crippen molar-refractivity contribution in [2.75, 3.05) is 5.32 Å². The Kier molecular flexibility index (Phi) is 5.92. The topological polar surface area (TPSA) is 65.3 Å². The SMILES string of the molecule is Cc1c(NC(=O)/C=C/c2ccc(OC(F)F)cc2)c(=O)n(-c2ccccc2)n1C. The van der Waals surface area contributed by atoms with Crippen LogP contribution in [0.25, 0.3) is 11.8 Å². The van der Waals surface area contributed by atoms with E-state index in [0.717, 1.165) is 0 Å². The summed E-state index contributed by atoms with van der Waals surface area (Å²) in [5, 5.41) is 2.61. The summed E-state index contributed by atoms with van der Waals surface area (Å²) in [5.74, 6) is -0.452. The number of alkyl halides is 2. The van der Waals surface area contributed by atoms with E-state index in [4.69, 9.17) is 0 Å². The van der Waals surface area contributed by atoms with E-state index in [2.05, 4.69) is 10.1 Å². The zero-order valence-electron chi connectivity index (χ0n) is 15.8. The summed E-state index contributed by atoms with van der Waals surface area (Å²) in [5.41, 5.74) is 1.76. The summed E-state index contributed by atoms with van der Waals surface area (Å²) in [6, 6.07) is 14.9. The molecule has 6 nitrogen and oxygen atoms in total. The third kappa shape index (κ3) is 4.60. The van der Waals surface area contributed by atoms with E-state index in [0.29, 0.717) is 16.9 Å². The zero-order valence-corrected chi connectivity index (χ0v) is 15.8. The van der Waals surface area contributed by atoms with Crippen molar-refractivity contribution >= 4 is 17.7 Å². The van der Waals surface area contributed by atoms with Crippen LogP contribution in [-0.4, -0.2) is 21.9 Å². The Balaban J connectivity index is 1.76. The molecule has 1 heterocycles. The summed E-state index contributed by atoms with van der Waals surface area (Å²) in [6.45, 7) is -1.15. The van der Waals surface area contributed by atoms with Gasteiger partial charge in [-0.15, -0.1) is 0 Å². The van der Waals surface area contributed by atoms with Gasteiger partial charge in [-0.1, -0.05) is 30.3 Å². The first kappa shape index (κ1) is 20.1. The number of hydrogen-bond donors (Lipinski definition) is 1. The number of aromatic nitrogens is 2. The molecule has 8 heteroatoms. The summed E-state index contributed by atoms with van der Waals surface area (Å²) in [4.78, 5) is 25.1. The minimum Gasteiger partial charge on any atom is -0.435 e. The molecule has 0 aliphatic rings. The molecular formula is C21H19F2N3O3. The predicted molar refractivity (Wildman–Crippen MR) is 106 cm³/mol. The molecule has 3 aromatic rings. The lowest BCUT2D eigenvalue weighted by Gasteiger charge is -2.07. The van der Waals surface area contributed by atoms with Crippen molar-refractivity contribution in [3.05, 3.63) is 82.3 Å². The summed E-state index contributed by atoms with van der Waals surface area (Å²) in [7, 11) is 1.73. The van der Waals surface area contributed by atoms with Gasteiger partial charge in [0, 0.05) is 13.1 Å². The van der Waals surface area contributed by atoms with Gasteiger partial charge < -0.3 is 10.1 Å². The number of para-hydroxylation sites is 1. The van der Waals surface area contributed by atoms with Crippen molar-refractivity contribution in [3.8, 4) is 11.4 Å². The number of anilines is 1. The first-order valence-corrected chi connectivity index (χ1v) is 8.75. The average molecular weight is 399 g/mol. The maximum Gasteiger partial charge on any atom is 0.387 e. The van der Waals surface area contributed by atoms with Crippen LogP contribution < -0.4 is 15.6 Å². The molecule has 3 rings (SSSR count). The van der Waals surface area contributed by atoms with E-state index in [1.54, 1.807) is 30.8 Å². The first-order valence-electron chi connectivity index (χ1n) is 8.75. The van der Waals surface area contributed by atoms with Crippen LogP contribution in [0.3, 0.4) is 0 Å². The smallest absolute Gasteiger partial charge is 0.387 e. The van der Waals surface area contributed by atoms with Crippen LogP contribution in [0, 0.1) is 6.92 Å². The van der Waals surface area contributed by atoms with Gasteiger partial charge in [-0.25, -0.2) is 4.68 Å². The Morgan fingerprint density at radius 1 is 1.10 bits per heavy atom. The normalized spacial score (nSPS) is 11.2. The third-order valence-electron chi connectivity index (χ3n) is 4.33. The van der Waals surface area contributed by atoms with Gasteiger partial charge in [0.25, 0.3) is 5.56 Å². The van der Waals surface area contributed by atoms with E-state index in [9.17, 15) is 18.4 Å². The minimum atomic E-state index is -2.89. The number of ether oxygens (including phenoxy) is 1. The van der Waals surface area contributed by atoms with Crippen molar-refractivity contribution in [1.29, 1.82) is 0 Å². The van der Waals surface area contributed by atoms with Crippen LogP contribution in [0.5, 0.6) is 5.75 Å². The van der Waals surface area contributed by atoms with Crippen LogP contribution >= 0.6 is 0 Å². The highest BCUT2D eigenvalue weighted by Gasteiger charge is 2.17. The van der Waals surface area contributed by atoms with Crippen molar-refractivity contribution in [2.24, 2.45) is 7.05 Å². The molecule has 0 unspecified atom stereocenters. The second-order valence-electron chi connectivity index (χ2n) is 6.21. The summed E-state index contributed by atoms with van der Waals surface area (Å²) < 4.78 is 31.7. The van der Waals surface area contributed by atoms with Gasteiger partial charge in [-0.3, -0.25) is 14.3 Å². The number of hydrogen-bond acceptors (Lipinski definition) is 3. The van der Waals surface area contributed by atoms with Crippen molar-refractivity contribution < 1.29 is 18.3 Å². The van der Waals surface area contributed by atoms with Crippen molar-refractivity contribution in [3.63, 3.8) is 0 Å². The highest BCUT2D eigenvalue weighted by atomic mass is 19.3. The molecule has 0 bridgehead atoms. The highest BCUT2D eigenvalue weighted by molar-refractivity contribution is 6.02. The molecule has 150 valence electrons. The van der Waals surface area contributed by atoms with E-state index in [1.165, 1.54) is 41.1 Å². The van der Waals surface area contributed by atoms with Crippen LogP contribution in [0.4, 0.5) is 14.5 Å². The molecule has 0 atom stereocenters. The molecule has 0 saturated heterocycles. The number of halogens is 2. The molecule has 0 fully saturated rings. The number of carbonyl (C=O) groups is 1. The molecule has 0 radical (unpaired) electrons. The number of amides is 1. The predicted octanol–water partition coefficient (Wildman–Crippen LogP) is 3.74. The van der Waals surface area contributed by atoms with Crippen molar-refractivity contribution in [1.82, 2.24) is 9.36 Å². The Bertz CT molecular complexity index is 1080. The molecule has 29 heavy (non-hydrogen) atoms. The maximum absolute atomic E-state index is 12.8. The number of rotatable bonds is 6. The van der Waals surface area contributed by atoms with Crippen LogP contribution in [0.2, 0.25) is 0 Å². The molecule has 1 amide bonds. The summed E-state index contributed by atoms with van der Waals surface area (Å²) >= 11 is 0. The monoisotopic (exact) mass is 399 g/mol. The molecule has 2 aromatic carbocycles. The average Bonchev–Trinajstić information content (AvgIpc) is 2.91. The second-order valence-corrected chi connectivity index (χ2v) is 6.21. The first-order chi connectivity index (χ1) is 13.9. The lowest BCUT2D eigenvalue weighted by molar-refractivity contribution is -0.111. The molecule has 0 aliphatic carbocycles. The van der Waals surface area contributed by atoms with Gasteiger partial charge in [0.15, 0.2) is 0 Å². The summed E-state index contributed by atoms with van der Waals surface area (Å²) in [6.07, 6.45) is 2.78. The van der Waals surface area contributed by atoms with Crippen LogP contribution in [0.1, 0.15) is 11.3 Å². The Labute approximate surface area is 165 Å². The fourth-order valence-electron chi connectivity index (χ4n) is 2.81. The molecular weight excluding hydrogens is 380 g/mol. The van der Waals surface area contributed by atoms with Crippen LogP contribution in [-0.2, 0) is 11.8 Å². The van der Waals surface area contributed by atoms with Gasteiger partial charge in [0.05, 0.1) is 11.4 Å². The number of nitrogens with one attached hydrogen (secondary N) is 1. The van der Waals surface area contributed by atoms with E-state index in [1.807, 2.05) is 18.2 Å². The fourth-order valence-corrected chi connectivity index (χ4v) is 2.81. The van der Waals surface area contributed by atoms with Gasteiger partial charge in [-0.05, 0) is 42.8 Å². The largest absolute Gasteiger partial charge is 0.435 e. The molecule has 1 aromatic heterocycles. The number of carbonyl (C=O) groups excluding carboxylic acids is 1. The third-order valence-corrected chi connectivity index (χ3v) is 4.33. The van der Waals surface area contributed by atoms with Crippen LogP contribution in [0.15, 0.2) is 65.5 Å². The van der Waals surface area contributed by atoms with Crippen molar-refractivity contribution in [2.45, 2.75) is 13.5 Å². The Morgan fingerprint density at radius 2 is 1.76 bits per heavy atom. The quantitative estimate of drug-likeness (QED) is 0.643. The van der Waals surface area contributed by atoms with Gasteiger partial charge in [0.1, 0.15) is 11.4 Å². The lowest BCUT2D eigenvalue weighted by atomic mass is 10.2. The Hall–Kier alpha value is -3.68. The van der Waals surface area contributed by atoms with Gasteiger partial charge in [-0.2, -0.15) is 8.78 Å². The second kappa shape index (κ2) is 8.55. The number of benzene rings is 2.